The molecule has 2 aromatic heterocycles. The molecule has 0 spiro atoms. The molecule has 0 saturated heterocycles. The van der Waals surface area contributed by atoms with E-state index < -0.39 is 5.97 Å². The number of carboxylic acids is 1. The molecule has 3 nitrogen and oxygen atoms in total. The van der Waals surface area contributed by atoms with Gasteiger partial charge in [0.2, 0.25) is 0 Å². The van der Waals surface area contributed by atoms with Crippen LogP contribution in [0.3, 0.4) is 0 Å². The highest BCUT2D eigenvalue weighted by atomic mass is 127. The fourth-order valence-electron chi connectivity index (χ4n) is 1.39. The number of halogens is 2. The average Bonchev–Trinajstić information content (AvgIpc) is 2.74. The van der Waals surface area contributed by atoms with Crippen molar-refractivity contribution in [2.24, 2.45) is 0 Å². The van der Waals surface area contributed by atoms with E-state index in [2.05, 4.69) is 22.6 Å². The van der Waals surface area contributed by atoms with Crippen molar-refractivity contribution in [1.82, 2.24) is 4.57 Å². The van der Waals surface area contributed by atoms with Gasteiger partial charge in [-0.2, -0.15) is 0 Å². The van der Waals surface area contributed by atoms with Gasteiger partial charge in [-0.1, -0.05) is 11.6 Å². The van der Waals surface area contributed by atoms with Crippen LogP contribution in [0.25, 0.3) is 0 Å². The van der Waals surface area contributed by atoms with Crippen molar-refractivity contribution in [3.63, 3.8) is 0 Å². The van der Waals surface area contributed by atoms with Gasteiger partial charge in [-0.05, 0) is 40.8 Å². The maximum Gasteiger partial charge on any atom is 0.352 e. The molecule has 0 fully saturated rings. The lowest BCUT2D eigenvalue weighted by Crippen LogP contribution is -2.07. The Kier molecular flexibility index (Phi) is 3.56. The van der Waals surface area contributed by atoms with Gasteiger partial charge in [-0.15, -0.1) is 11.3 Å². The molecule has 0 aromatic carbocycles. The zero-order valence-corrected chi connectivity index (χ0v) is 11.7. The van der Waals surface area contributed by atoms with E-state index in [1.165, 1.54) is 11.3 Å². The Morgan fingerprint density at radius 3 is 2.88 bits per heavy atom. The van der Waals surface area contributed by atoms with Crippen molar-refractivity contribution in [1.29, 1.82) is 0 Å². The summed E-state index contributed by atoms with van der Waals surface area (Å²) in [4.78, 5) is 12.0. The summed E-state index contributed by atoms with van der Waals surface area (Å²) in [6.45, 7) is 0.544. The molecule has 1 N–H and O–H groups in total. The second-order valence-electron chi connectivity index (χ2n) is 3.18. The number of carbonyl (C=O) groups is 1. The van der Waals surface area contributed by atoms with E-state index >= 15 is 0 Å². The van der Waals surface area contributed by atoms with Gasteiger partial charge in [0.25, 0.3) is 0 Å². The van der Waals surface area contributed by atoms with Crippen LogP contribution in [-0.4, -0.2) is 15.6 Å². The number of aromatic carboxylic acids is 1. The van der Waals surface area contributed by atoms with E-state index in [-0.39, 0.29) is 0 Å². The minimum Gasteiger partial charge on any atom is -0.477 e. The Hall–Kier alpha value is -0.530. The molecular formula is C10H7ClINO2S. The molecule has 6 heteroatoms. The smallest absolute Gasteiger partial charge is 0.352 e. The predicted molar refractivity (Wildman–Crippen MR) is 72.5 cm³/mol. The summed E-state index contributed by atoms with van der Waals surface area (Å²) in [6.07, 6.45) is 1.82. The van der Waals surface area contributed by atoms with Crippen LogP contribution >= 0.6 is 45.5 Å². The quantitative estimate of drug-likeness (QED) is 0.843. The average molecular weight is 368 g/mol. The summed E-state index contributed by atoms with van der Waals surface area (Å²) in [6, 6.07) is 5.38. The highest BCUT2D eigenvalue weighted by molar-refractivity contribution is 14.1. The van der Waals surface area contributed by atoms with E-state index in [9.17, 15) is 4.79 Å². The highest BCUT2D eigenvalue weighted by Gasteiger charge is 2.12. The molecule has 2 rings (SSSR count). The van der Waals surface area contributed by atoms with Crippen molar-refractivity contribution in [3.05, 3.63) is 42.9 Å². The molecule has 84 valence electrons. The lowest BCUT2D eigenvalue weighted by Gasteiger charge is -2.03. The van der Waals surface area contributed by atoms with Gasteiger partial charge in [0.1, 0.15) is 5.69 Å². The molecular weight excluding hydrogens is 361 g/mol. The Morgan fingerprint density at radius 2 is 2.31 bits per heavy atom. The third-order valence-corrected chi connectivity index (χ3v) is 3.84. The molecule has 0 saturated carbocycles. The van der Waals surface area contributed by atoms with E-state index in [0.717, 1.165) is 8.45 Å². The summed E-state index contributed by atoms with van der Waals surface area (Å²) < 4.78 is 3.35. The molecule has 0 unspecified atom stereocenters. The summed E-state index contributed by atoms with van der Waals surface area (Å²) in [5, 5.41) is 9.02. The first kappa shape index (κ1) is 11.9. The van der Waals surface area contributed by atoms with Crippen LogP contribution in [0.4, 0.5) is 0 Å². The van der Waals surface area contributed by atoms with Gasteiger partial charge in [0.05, 0.1) is 10.9 Å². The van der Waals surface area contributed by atoms with Crippen LogP contribution in [0.5, 0.6) is 0 Å². The van der Waals surface area contributed by atoms with Crippen LogP contribution in [0.2, 0.25) is 4.34 Å². The van der Waals surface area contributed by atoms with E-state index in [1.807, 2.05) is 18.3 Å². The SMILES string of the molecule is O=C(O)c1cc(I)cn1Cc1ccc(Cl)s1. The molecule has 0 bridgehead atoms. The van der Waals surface area contributed by atoms with E-state index in [1.54, 1.807) is 10.6 Å². The van der Waals surface area contributed by atoms with Crippen LogP contribution in [0, 0.1) is 3.57 Å². The Morgan fingerprint density at radius 1 is 1.56 bits per heavy atom. The van der Waals surface area contributed by atoms with Crippen molar-refractivity contribution >= 4 is 51.5 Å². The Labute approximate surface area is 115 Å². The molecule has 0 aliphatic heterocycles. The molecule has 2 heterocycles. The van der Waals surface area contributed by atoms with Crippen molar-refractivity contribution in [3.8, 4) is 0 Å². The third-order valence-electron chi connectivity index (χ3n) is 2.04. The van der Waals surface area contributed by atoms with Crippen molar-refractivity contribution < 1.29 is 9.90 Å². The molecule has 16 heavy (non-hydrogen) atoms. The van der Waals surface area contributed by atoms with Gasteiger partial charge in [-0.25, -0.2) is 4.79 Å². The number of nitrogens with zero attached hydrogens (tertiary/aromatic N) is 1. The zero-order valence-electron chi connectivity index (χ0n) is 7.98. The minimum atomic E-state index is -0.912. The van der Waals surface area contributed by atoms with Gasteiger partial charge in [0, 0.05) is 14.6 Å². The Balaban J connectivity index is 2.30. The monoisotopic (exact) mass is 367 g/mol. The molecule has 0 aliphatic carbocycles. The second kappa shape index (κ2) is 4.77. The molecule has 0 amide bonds. The van der Waals surface area contributed by atoms with Gasteiger partial charge in [-0.3, -0.25) is 0 Å². The fourth-order valence-corrected chi connectivity index (χ4v) is 3.11. The van der Waals surface area contributed by atoms with Gasteiger partial charge < -0.3 is 9.67 Å². The lowest BCUT2D eigenvalue weighted by molar-refractivity contribution is 0.0686. The van der Waals surface area contributed by atoms with E-state index in [4.69, 9.17) is 16.7 Å². The molecule has 0 radical (unpaired) electrons. The Bertz CT molecular complexity index is 535. The van der Waals surface area contributed by atoms with Gasteiger partial charge >= 0.3 is 5.97 Å². The van der Waals surface area contributed by atoms with Crippen LogP contribution in [0.15, 0.2) is 24.4 Å². The van der Waals surface area contributed by atoms with Gasteiger partial charge in [0.15, 0.2) is 0 Å². The fraction of sp³-hybridized carbons (Fsp3) is 0.100. The number of aromatic nitrogens is 1. The number of thiophene rings is 1. The summed E-state index contributed by atoms with van der Waals surface area (Å²) in [5.41, 5.74) is 0.300. The van der Waals surface area contributed by atoms with Crippen LogP contribution < -0.4 is 0 Å². The number of hydrogen-bond donors (Lipinski definition) is 1. The van der Waals surface area contributed by atoms with Crippen LogP contribution in [0.1, 0.15) is 15.4 Å². The topological polar surface area (TPSA) is 42.2 Å². The number of hydrogen-bond acceptors (Lipinski definition) is 2. The summed E-state index contributed by atoms with van der Waals surface area (Å²) in [5.74, 6) is -0.912. The lowest BCUT2D eigenvalue weighted by atomic mass is 10.4. The standard InChI is InChI=1S/C10H7ClINO2S/c11-9-2-1-7(16-9)5-13-4-6(12)3-8(13)10(14)15/h1-4H,5H2,(H,14,15). The maximum atomic E-state index is 11.0. The molecule has 0 aliphatic rings. The van der Waals surface area contributed by atoms with E-state index in [0.29, 0.717) is 16.6 Å². The first-order chi connectivity index (χ1) is 7.56. The second-order valence-corrected chi connectivity index (χ2v) is 6.23. The van der Waals surface area contributed by atoms with Crippen molar-refractivity contribution in [2.45, 2.75) is 6.54 Å². The largest absolute Gasteiger partial charge is 0.477 e. The third kappa shape index (κ3) is 2.58. The minimum absolute atomic E-state index is 0.300. The number of carboxylic acid groups (broad SMARTS) is 1. The first-order valence-electron chi connectivity index (χ1n) is 4.39. The van der Waals surface area contributed by atoms with Crippen molar-refractivity contribution in [2.75, 3.05) is 0 Å². The summed E-state index contributed by atoms with van der Waals surface area (Å²) >= 11 is 9.39. The van der Waals surface area contributed by atoms with Crippen LogP contribution in [-0.2, 0) is 6.54 Å². The highest BCUT2D eigenvalue weighted by Crippen LogP contribution is 2.23. The zero-order chi connectivity index (χ0) is 11.7. The normalized spacial score (nSPS) is 10.6. The number of rotatable bonds is 3. The first-order valence-corrected chi connectivity index (χ1v) is 6.67. The maximum absolute atomic E-state index is 11.0. The predicted octanol–water partition coefficient (Wildman–Crippen LogP) is 3.55. The summed E-state index contributed by atoms with van der Waals surface area (Å²) in [7, 11) is 0. The molecule has 0 atom stereocenters. The molecule has 2 aromatic rings.